The highest BCUT2D eigenvalue weighted by atomic mass is 32.2. The Kier molecular flexibility index (Phi) is 4.61. The number of anilines is 1. The number of alkyl halides is 3. The van der Waals surface area contributed by atoms with E-state index in [4.69, 9.17) is 0 Å². The first-order valence-electron chi connectivity index (χ1n) is 6.19. The molecule has 0 spiro atoms. The molecule has 0 radical (unpaired) electrons. The van der Waals surface area contributed by atoms with Gasteiger partial charge in [-0.25, -0.2) is 17.2 Å². The number of hydrogen-bond donors (Lipinski definition) is 1. The van der Waals surface area contributed by atoms with Crippen LogP contribution in [0.2, 0.25) is 0 Å². The number of aldehydes is 1. The van der Waals surface area contributed by atoms with Crippen molar-refractivity contribution in [1.29, 1.82) is 0 Å². The van der Waals surface area contributed by atoms with E-state index in [1.54, 1.807) is 4.72 Å². The maximum Gasteiger partial charge on any atom is 0.416 e. The number of halogens is 5. The van der Waals surface area contributed by atoms with Crippen molar-refractivity contribution in [1.82, 2.24) is 0 Å². The van der Waals surface area contributed by atoms with Gasteiger partial charge in [-0.2, -0.15) is 13.2 Å². The maximum absolute atomic E-state index is 13.9. The lowest BCUT2D eigenvalue weighted by atomic mass is 10.2. The summed E-state index contributed by atoms with van der Waals surface area (Å²) in [6.07, 6.45) is -4.91. The van der Waals surface area contributed by atoms with E-state index in [2.05, 4.69) is 0 Å². The van der Waals surface area contributed by atoms with Crippen molar-refractivity contribution in [3.05, 3.63) is 59.2 Å². The average molecular weight is 365 g/mol. The highest BCUT2D eigenvalue weighted by Gasteiger charge is 2.31. The van der Waals surface area contributed by atoms with Gasteiger partial charge in [0, 0.05) is 0 Å². The van der Waals surface area contributed by atoms with Crippen molar-refractivity contribution in [2.75, 3.05) is 4.72 Å². The second-order valence-corrected chi connectivity index (χ2v) is 6.25. The van der Waals surface area contributed by atoms with Crippen LogP contribution in [-0.2, 0) is 16.2 Å². The summed E-state index contributed by atoms with van der Waals surface area (Å²) in [4.78, 5) is 9.84. The quantitative estimate of drug-likeness (QED) is 0.665. The molecule has 0 amide bonds. The highest BCUT2D eigenvalue weighted by molar-refractivity contribution is 7.92. The van der Waals surface area contributed by atoms with E-state index in [-0.39, 0.29) is 6.29 Å². The Morgan fingerprint density at radius 3 is 2.29 bits per heavy atom. The fourth-order valence-electron chi connectivity index (χ4n) is 1.80. The number of sulfonamides is 1. The smallest absolute Gasteiger partial charge is 0.298 e. The monoisotopic (exact) mass is 365 g/mol. The van der Waals surface area contributed by atoms with Gasteiger partial charge in [-0.15, -0.1) is 0 Å². The van der Waals surface area contributed by atoms with Crippen LogP contribution in [0.25, 0.3) is 0 Å². The number of rotatable bonds is 4. The van der Waals surface area contributed by atoms with E-state index < -0.39 is 49.5 Å². The van der Waals surface area contributed by atoms with Gasteiger partial charge in [-0.3, -0.25) is 9.52 Å². The maximum atomic E-state index is 13.9. The van der Waals surface area contributed by atoms with Gasteiger partial charge in [0.25, 0.3) is 10.0 Å². The van der Waals surface area contributed by atoms with E-state index in [1.807, 2.05) is 0 Å². The second-order valence-electron chi connectivity index (χ2n) is 4.57. The van der Waals surface area contributed by atoms with Crippen molar-refractivity contribution in [3.63, 3.8) is 0 Å². The van der Waals surface area contributed by atoms with Crippen LogP contribution in [0.1, 0.15) is 15.9 Å². The van der Waals surface area contributed by atoms with E-state index in [1.165, 1.54) is 0 Å². The van der Waals surface area contributed by atoms with Gasteiger partial charge in [0.05, 0.1) is 21.7 Å². The lowest BCUT2D eigenvalue weighted by Gasteiger charge is -2.12. The van der Waals surface area contributed by atoms with E-state index in [9.17, 15) is 35.2 Å². The summed E-state index contributed by atoms with van der Waals surface area (Å²) < 4.78 is 90.8. The van der Waals surface area contributed by atoms with E-state index >= 15 is 0 Å². The van der Waals surface area contributed by atoms with Gasteiger partial charge in [0.1, 0.15) is 5.82 Å². The van der Waals surface area contributed by atoms with Crippen LogP contribution in [-0.4, -0.2) is 14.7 Å². The van der Waals surface area contributed by atoms with Crippen molar-refractivity contribution in [2.24, 2.45) is 0 Å². The van der Waals surface area contributed by atoms with Crippen molar-refractivity contribution in [3.8, 4) is 0 Å². The highest BCUT2D eigenvalue weighted by Crippen LogP contribution is 2.31. The molecule has 128 valence electrons. The summed E-state index contributed by atoms with van der Waals surface area (Å²) in [7, 11) is -4.58. The van der Waals surface area contributed by atoms with Gasteiger partial charge in [-0.05, 0) is 30.3 Å². The topological polar surface area (TPSA) is 63.2 Å². The van der Waals surface area contributed by atoms with Gasteiger partial charge in [0.15, 0.2) is 12.1 Å². The van der Waals surface area contributed by atoms with Crippen LogP contribution < -0.4 is 4.72 Å². The van der Waals surface area contributed by atoms with Crippen molar-refractivity contribution in [2.45, 2.75) is 11.1 Å². The molecule has 0 aliphatic heterocycles. The third kappa shape index (κ3) is 3.53. The SMILES string of the molecule is O=Cc1c(F)ccc(NS(=O)(=O)c2cccc(C(F)(F)F)c2)c1F. The fourth-order valence-corrected chi connectivity index (χ4v) is 2.90. The second kappa shape index (κ2) is 6.19. The molecule has 0 unspecified atom stereocenters. The molecule has 0 atom stereocenters. The molecule has 0 heterocycles. The molecule has 1 N–H and O–H groups in total. The Labute approximate surface area is 133 Å². The lowest BCUT2D eigenvalue weighted by molar-refractivity contribution is -0.137. The zero-order valence-electron chi connectivity index (χ0n) is 11.6. The third-order valence-electron chi connectivity index (χ3n) is 2.96. The number of benzene rings is 2. The molecule has 2 aromatic rings. The van der Waals surface area contributed by atoms with Gasteiger partial charge in [-0.1, -0.05) is 6.07 Å². The summed E-state index contributed by atoms with van der Waals surface area (Å²) >= 11 is 0. The molecule has 0 bridgehead atoms. The Hall–Kier alpha value is -2.49. The molecule has 2 rings (SSSR count). The minimum absolute atomic E-state index is 0.146. The Bertz CT molecular complexity index is 894. The molecule has 2 aromatic carbocycles. The van der Waals surface area contributed by atoms with Gasteiger partial charge in [0.2, 0.25) is 0 Å². The average Bonchev–Trinajstić information content (AvgIpc) is 2.50. The first-order chi connectivity index (χ1) is 11.1. The van der Waals surface area contributed by atoms with Crippen molar-refractivity contribution >= 4 is 22.0 Å². The molecule has 4 nitrogen and oxygen atoms in total. The number of carbonyl (C=O) groups is 1. The van der Waals surface area contributed by atoms with Gasteiger partial charge < -0.3 is 0 Å². The predicted octanol–water partition coefficient (Wildman–Crippen LogP) is 3.60. The molecular formula is C14H8F5NO3S. The number of nitrogens with one attached hydrogen (secondary N) is 1. The van der Waals surface area contributed by atoms with Gasteiger partial charge >= 0.3 is 6.18 Å². The first-order valence-corrected chi connectivity index (χ1v) is 7.68. The molecule has 0 saturated carbocycles. The third-order valence-corrected chi connectivity index (χ3v) is 4.32. The fraction of sp³-hybridized carbons (Fsp3) is 0.0714. The Morgan fingerprint density at radius 2 is 1.71 bits per heavy atom. The molecule has 0 aliphatic rings. The summed E-state index contributed by atoms with van der Waals surface area (Å²) in [5, 5.41) is 0. The van der Waals surface area contributed by atoms with Crippen LogP contribution in [0.5, 0.6) is 0 Å². The predicted molar refractivity (Wildman–Crippen MR) is 74.0 cm³/mol. The minimum Gasteiger partial charge on any atom is -0.298 e. The summed E-state index contributed by atoms with van der Waals surface area (Å²) in [6, 6.07) is 4.14. The van der Waals surface area contributed by atoms with Crippen molar-refractivity contribution < 1.29 is 35.2 Å². The Balaban J connectivity index is 2.45. The molecule has 0 aliphatic carbocycles. The summed E-state index contributed by atoms with van der Waals surface area (Å²) in [6.45, 7) is 0. The standard InChI is InChI=1S/C14H8F5NO3S/c15-11-4-5-12(13(16)10(11)7-21)20-24(22,23)9-3-1-2-8(6-9)14(17,18)19/h1-7,20H. The zero-order chi connectivity index (χ0) is 18.1. The van der Waals surface area contributed by atoms with E-state index in [0.29, 0.717) is 24.3 Å². The van der Waals surface area contributed by atoms with Crippen LogP contribution in [0, 0.1) is 11.6 Å². The lowest BCUT2D eigenvalue weighted by Crippen LogP contribution is -2.16. The van der Waals surface area contributed by atoms with Crippen LogP contribution >= 0.6 is 0 Å². The number of hydrogen-bond acceptors (Lipinski definition) is 3. The first kappa shape index (κ1) is 17.9. The zero-order valence-corrected chi connectivity index (χ0v) is 12.4. The molecule has 0 saturated heterocycles. The normalized spacial score (nSPS) is 12.0. The minimum atomic E-state index is -4.77. The summed E-state index contributed by atoms with van der Waals surface area (Å²) in [5.74, 6) is -2.68. The van der Waals surface area contributed by atoms with Crippen LogP contribution in [0.15, 0.2) is 41.3 Å². The number of carbonyl (C=O) groups excluding carboxylic acids is 1. The molecular weight excluding hydrogens is 357 g/mol. The van der Waals surface area contributed by atoms with Crippen LogP contribution in [0.4, 0.5) is 27.6 Å². The molecule has 0 aromatic heterocycles. The molecule has 10 heteroatoms. The summed E-state index contributed by atoms with van der Waals surface area (Å²) in [5.41, 5.74) is -2.98. The Morgan fingerprint density at radius 1 is 1.04 bits per heavy atom. The molecule has 24 heavy (non-hydrogen) atoms. The molecule has 0 fully saturated rings. The van der Waals surface area contributed by atoms with Crippen LogP contribution in [0.3, 0.4) is 0 Å². The van der Waals surface area contributed by atoms with E-state index in [0.717, 1.165) is 12.1 Å². The largest absolute Gasteiger partial charge is 0.416 e.